The largest absolute Gasteiger partial charge is 0.394 e. The van der Waals surface area contributed by atoms with E-state index in [0.717, 1.165) is 0 Å². The molecule has 21 heteroatoms. The fourth-order valence-corrected chi connectivity index (χ4v) is 5.12. The predicted molar refractivity (Wildman–Crippen MR) is 151 cm³/mol. The van der Waals surface area contributed by atoms with E-state index >= 15 is 0 Å². The fourth-order valence-electron chi connectivity index (χ4n) is 5.12. The highest BCUT2D eigenvalue weighted by molar-refractivity contribution is 5.77. The topological polar surface area (TPSA) is 334 Å². The van der Waals surface area contributed by atoms with Crippen LogP contribution in [0.5, 0.6) is 0 Å². The van der Waals surface area contributed by atoms with Crippen molar-refractivity contribution in [1.29, 1.82) is 0 Å². The first-order valence-corrected chi connectivity index (χ1v) is 15.2. The minimum atomic E-state index is -1.94. The first-order chi connectivity index (χ1) is 22.5. The van der Waals surface area contributed by atoms with Crippen LogP contribution >= 0.6 is 0 Å². The highest BCUT2D eigenvalue weighted by Crippen LogP contribution is 2.32. The minimum absolute atomic E-state index is 0.00321. The first kappa shape index (κ1) is 40.1. The molecule has 0 spiro atoms. The highest BCUT2D eigenvalue weighted by atomic mass is 16.8. The lowest BCUT2D eigenvalue weighted by Gasteiger charge is -2.48. The Morgan fingerprint density at radius 1 is 0.617 bits per heavy atom. The first-order valence-electron chi connectivity index (χ1n) is 15.2. The van der Waals surface area contributed by atoms with Crippen molar-refractivity contribution in [3.05, 3.63) is 0 Å². The summed E-state index contributed by atoms with van der Waals surface area (Å²) in [6, 6.07) is 0. The number of carbonyl (C=O) groups is 1. The third-order valence-electron chi connectivity index (χ3n) is 7.76. The summed E-state index contributed by atoms with van der Waals surface area (Å²) in [4.78, 5) is 11.7. The highest BCUT2D eigenvalue weighted by Gasteiger charge is 2.53. The van der Waals surface area contributed by atoms with E-state index < -0.39 is 112 Å². The molecule has 3 rings (SSSR count). The average molecular weight is 692 g/mol. The quantitative estimate of drug-likeness (QED) is 0.0593. The maximum absolute atomic E-state index is 11.7. The molecule has 3 aliphatic rings. The zero-order valence-electron chi connectivity index (χ0n) is 25.5. The molecule has 15 atom stereocenters. The molecule has 276 valence electrons. The summed E-state index contributed by atoms with van der Waals surface area (Å²) in [5.41, 5.74) is 5.34. The van der Waals surface area contributed by atoms with Gasteiger partial charge in [0.25, 0.3) is 0 Å². The Hall–Kier alpha value is -1.29. The number of hydrogen-bond acceptors (Lipinski definition) is 20. The van der Waals surface area contributed by atoms with Gasteiger partial charge in [-0.15, -0.1) is 0 Å². The molecule has 3 saturated heterocycles. The van der Waals surface area contributed by atoms with Crippen molar-refractivity contribution in [2.45, 2.75) is 92.1 Å². The Morgan fingerprint density at radius 3 is 1.68 bits per heavy atom. The van der Waals surface area contributed by atoms with Crippen LogP contribution < -0.4 is 16.4 Å². The Labute approximate surface area is 269 Å². The molecule has 1 amide bonds. The van der Waals surface area contributed by atoms with Gasteiger partial charge in [0, 0.05) is 19.6 Å². The Balaban J connectivity index is 1.58. The molecule has 21 nitrogen and oxygen atoms in total. The number of ether oxygens (including phenoxy) is 7. The molecule has 0 bridgehead atoms. The van der Waals surface area contributed by atoms with Crippen LogP contribution in [0.3, 0.4) is 0 Å². The van der Waals surface area contributed by atoms with Gasteiger partial charge >= 0.3 is 0 Å². The number of aliphatic hydroxyl groups is 10. The van der Waals surface area contributed by atoms with Gasteiger partial charge in [-0.1, -0.05) is 0 Å². The van der Waals surface area contributed by atoms with Crippen LogP contribution in [0.25, 0.3) is 0 Å². The molecule has 3 heterocycles. The van der Waals surface area contributed by atoms with Crippen molar-refractivity contribution in [3.63, 3.8) is 0 Å². The van der Waals surface area contributed by atoms with Crippen LogP contribution in [0, 0.1) is 0 Å². The van der Waals surface area contributed by atoms with E-state index in [2.05, 4.69) is 10.6 Å². The maximum Gasteiger partial charge on any atom is 0.234 e. The van der Waals surface area contributed by atoms with Gasteiger partial charge < -0.3 is 101 Å². The van der Waals surface area contributed by atoms with Crippen LogP contribution in [-0.2, 0) is 38.0 Å². The SMILES string of the molecule is NCCNCC(=O)NCCOCCO[C@H]1OC(CO)[C@@H](O)C(O[C@H]2OC(CO)[C@@H](O)C(O[C@H]3OC(CO)[C@@H](O)C(O)C3O)C2O)C1O. The number of amides is 1. The number of nitrogens with one attached hydrogen (secondary N) is 2. The Morgan fingerprint density at radius 2 is 1.13 bits per heavy atom. The van der Waals surface area contributed by atoms with E-state index in [4.69, 9.17) is 38.9 Å². The second kappa shape index (κ2) is 19.8. The second-order valence-corrected chi connectivity index (χ2v) is 11.1. The average Bonchev–Trinajstić information content (AvgIpc) is 3.06. The van der Waals surface area contributed by atoms with E-state index in [0.29, 0.717) is 13.1 Å². The van der Waals surface area contributed by atoms with Gasteiger partial charge in [-0.2, -0.15) is 0 Å². The van der Waals surface area contributed by atoms with Crippen LogP contribution in [-0.4, -0.2) is 215 Å². The number of nitrogens with two attached hydrogens (primary N) is 1. The van der Waals surface area contributed by atoms with E-state index in [1.807, 2.05) is 0 Å². The van der Waals surface area contributed by atoms with Gasteiger partial charge in [-0.3, -0.25) is 4.79 Å². The summed E-state index contributed by atoms with van der Waals surface area (Å²) < 4.78 is 38.3. The molecule has 3 aliphatic heterocycles. The van der Waals surface area contributed by atoms with Gasteiger partial charge in [0.1, 0.15) is 73.2 Å². The lowest BCUT2D eigenvalue weighted by atomic mass is 9.96. The summed E-state index contributed by atoms with van der Waals surface area (Å²) in [6.07, 6.45) is -25.2. The molecule has 47 heavy (non-hydrogen) atoms. The van der Waals surface area contributed by atoms with Crippen molar-refractivity contribution < 1.29 is 89.0 Å². The molecule has 0 aromatic heterocycles. The minimum Gasteiger partial charge on any atom is -0.394 e. The van der Waals surface area contributed by atoms with Gasteiger partial charge in [0.2, 0.25) is 5.91 Å². The third kappa shape index (κ3) is 10.6. The van der Waals surface area contributed by atoms with Crippen molar-refractivity contribution in [2.24, 2.45) is 5.73 Å². The van der Waals surface area contributed by atoms with E-state index in [-0.39, 0.29) is 38.8 Å². The summed E-state index contributed by atoms with van der Waals surface area (Å²) >= 11 is 0. The number of hydrogen-bond donors (Lipinski definition) is 13. The molecule has 0 saturated carbocycles. The van der Waals surface area contributed by atoms with Crippen molar-refractivity contribution in [2.75, 3.05) is 65.8 Å². The molecular weight excluding hydrogens is 642 g/mol. The van der Waals surface area contributed by atoms with E-state index in [1.54, 1.807) is 0 Å². The van der Waals surface area contributed by atoms with Crippen molar-refractivity contribution >= 4 is 5.91 Å². The van der Waals surface area contributed by atoms with Crippen LogP contribution in [0.1, 0.15) is 0 Å². The summed E-state index contributed by atoms with van der Waals surface area (Å²) in [7, 11) is 0. The second-order valence-electron chi connectivity index (χ2n) is 11.1. The summed E-state index contributed by atoms with van der Waals surface area (Å²) in [5.74, 6) is -0.240. The monoisotopic (exact) mass is 691 g/mol. The third-order valence-corrected chi connectivity index (χ3v) is 7.76. The van der Waals surface area contributed by atoms with Crippen LogP contribution in [0.15, 0.2) is 0 Å². The zero-order chi connectivity index (χ0) is 34.7. The van der Waals surface area contributed by atoms with Gasteiger partial charge in [0.05, 0.1) is 46.2 Å². The number of carbonyl (C=O) groups excluding carboxylic acids is 1. The van der Waals surface area contributed by atoms with Crippen molar-refractivity contribution in [3.8, 4) is 0 Å². The van der Waals surface area contributed by atoms with Gasteiger partial charge in [-0.25, -0.2) is 0 Å². The molecule has 9 unspecified atom stereocenters. The normalized spacial score (nSPS) is 41.1. The fraction of sp³-hybridized carbons (Fsp3) is 0.962. The van der Waals surface area contributed by atoms with Crippen molar-refractivity contribution in [1.82, 2.24) is 10.6 Å². The smallest absolute Gasteiger partial charge is 0.234 e. The lowest BCUT2D eigenvalue weighted by Crippen LogP contribution is -2.67. The number of rotatable bonds is 18. The van der Waals surface area contributed by atoms with E-state index in [9.17, 15) is 55.9 Å². The maximum atomic E-state index is 11.7. The Kier molecular flexibility index (Phi) is 16.9. The number of aliphatic hydroxyl groups excluding tert-OH is 10. The summed E-state index contributed by atoms with van der Waals surface area (Å²) in [6.45, 7) is -1.11. The molecule has 0 aromatic rings. The zero-order valence-corrected chi connectivity index (χ0v) is 25.5. The van der Waals surface area contributed by atoms with Gasteiger partial charge in [-0.05, 0) is 0 Å². The molecule has 14 N–H and O–H groups in total. The standard InChI is InChI=1S/C26H49N3O18/c27-1-2-28-7-14(33)29-3-4-41-5-6-42-24-20(39)22(16(35)12(9-31)43-24)47-26-21(40)23(17(36)13(10-32)45-26)46-25-19(38)18(37)15(34)11(8-30)44-25/h11-13,15-26,28,30-32,34-40H,1-10,27H2,(H,29,33)/t11?,12?,13?,15-,16-,17-,18?,19?,20?,21?,22?,23?,24+,25-,26-/m1/s1. The Bertz CT molecular complexity index is 911. The molecule has 0 aromatic carbocycles. The molecule has 3 fully saturated rings. The predicted octanol–water partition coefficient (Wildman–Crippen LogP) is -8.87. The molecule has 0 aliphatic carbocycles. The summed E-state index contributed by atoms with van der Waals surface area (Å²) in [5, 5.41) is 108. The van der Waals surface area contributed by atoms with Crippen LogP contribution in [0.4, 0.5) is 0 Å². The molecular formula is C26H49N3O18. The van der Waals surface area contributed by atoms with Crippen LogP contribution in [0.2, 0.25) is 0 Å². The van der Waals surface area contributed by atoms with Gasteiger partial charge in [0.15, 0.2) is 18.9 Å². The molecule has 0 radical (unpaired) electrons. The van der Waals surface area contributed by atoms with E-state index in [1.165, 1.54) is 0 Å². The lowest BCUT2D eigenvalue weighted by molar-refractivity contribution is -0.381.